The van der Waals surface area contributed by atoms with Crippen LogP contribution in [0, 0.1) is 18.3 Å². The van der Waals surface area contributed by atoms with Crippen LogP contribution in [0.5, 0.6) is 0 Å². The van der Waals surface area contributed by atoms with E-state index >= 15 is 0 Å². The van der Waals surface area contributed by atoms with E-state index in [9.17, 15) is 10.4 Å². The Labute approximate surface area is 206 Å². The van der Waals surface area contributed by atoms with Gasteiger partial charge in [0.25, 0.3) is 0 Å². The van der Waals surface area contributed by atoms with Crippen molar-refractivity contribution in [2.75, 3.05) is 18.0 Å². The number of piperidine rings is 1. The quantitative estimate of drug-likeness (QED) is 0.282. The molecule has 7 heteroatoms. The van der Waals surface area contributed by atoms with Gasteiger partial charge in [0.15, 0.2) is 11.5 Å². The normalized spacial score (nSPS) is 14.5. The van der Waals surface area contributed by atoms with E-state index in [0.29, 0.717) is 9.49 Å². The van der Waals surface area contributed by atoms with Crippen molar-refractivity contribution in [1.82, 2.24) is 14.4 Å². The lowest BCUT2D eigenvalue weighted by Gasteiger charge is -2.31. The molecular formula is C26H24IN5O. The van der Waals surface area contributed by atoms with E-state index in [2.05, 4.69) is 49.0 Å². The van der Waals surface area contributed by atoms with E-state index < -0.39 is 0 Å². The van der Waals surface area contributed by atoms with E-state index in [-0.39, 0.29) is 6.61 Å². The molecule has 3 heterocycles. The summed E-state index contributed by atoms with van der Waals surface area (Å²) in [5.41, 5.74) is 7.06. The zero-order valence-electron chi connectivity index (χ0n) is 18.4. The number of aliphatic hydroxyl groups is 1. The number of imidazole rings is 1. The maximum absolute atomic E-state index is 9.87. The van der Waals surface area contributed by atoms with Crippen LogP contribution in [0.1, 0.15) is 29.5 Å². The number of aryl methyl sites for hydroxylation is 1. The Bertz CT molecular complexity index is 1350. The Morgan fingerprint density at radius 2 is 1.85 bits per heavy atom. The number of rotatable bonds is 4. The summed E-state index contributed by atoms with van der Waals surface area (Å²) in [6, 6.07) is 15.9. The number of nitriles is 1. The van der Waals surface area contributed by atoms with Gasteiger partial charge in [-0.1, -0.05) is 46.9 Å². The second-order valence-electron chi connectivity index (χ2n) is 8.40. The van der Waals surface area contributed by atoms with Gasteiger partial charge < -0.3 is 10.0 Å². The minimum absolute atomic E-state index is 0.0182. The number of alkyl halides is 1. The summed E-state index contributed by atoms with van der Waals surface area (Å²) in [5, 5.41) is 19.1. The first-order valence-electron chi connectivity index (χ1n) is 11.1. The molecule has 1 saturated heterocycles. The molecule has 0 radical (unpaired) electrons. The highest BCUT2D eigenvalue weighted by molar-refractivity contribution is 14.1. The van der Waals surface area contributed by atoms with Gasteiger partial charge in [0.05, 0.1) is 29.6 Å². The van der Waals surface area contributed by atoms with E-state index in [0.717, 1.165) is 71.0 Å². The fourth-order valence-electron chi connectivity index (χ4n) is 4.41. The molecule has 6 nitrogen and oxygen atoms in total. The van der Waals surface area contributed by atoms with Crippen molar-refractivity contribution >= 4 is 34.1 Å². The van der Waals surface area contributed by atoms with E-state index in [1.165, 1.54) is 0 Å². The molecule has 166 valence electrons. The topological polar surface area (TPSA) is 77.5 Å². The number of aliphatic hydroxyl groups excluding tert-OH is 1. The number of hydrogen-bond donors (Lipinski definition) is 1. The molecule has 0 atom stereocenters. The summed E-state index contributed by atoms with van der Waals surface area (Å²) in [6.45, 7) is 3.89. The van der Waals surface area contributed by atoms with E-state index in [4.69, 9.17) is 4.98 Å². The second kappa shape index (κ2) is 9.12. The first-order chi connectivity index (χ1) is 16.1. The molecule has 2 aromatic carbocycles. The molecule has 0 bridgehead atoms. The molecule has 1 aliphatic rings. The number of nitrogens with zero attached hydrogens (tertiary/aromatic N) is 5. The van der Waals surface area contributed by atoms with E-state index in [1.54, 1.807) is 0 Å². The molecule has 4 aromatic rings. The molecule has 1 aliphatic heterocycles. The molecule has 0 amide bonds. The first kappa shape index (κ1) is 21.9. The van der Waals surface area contributed by atoms with Crippen LogP contribution in [0.15, 0.2) is 54.9 Å². The van der Waals surface area contributed by atoms with Crippen LogP contribution in [0.3, 0.4) is 0 Å². The van der Waals surface area contributed by atoms with Crippen molar-refractivity contribution in [3.05, 3.63) is 71.5 Å². The minimum Gasteiger partial charge on any atom is -0.392 e. The molecule has 0 saturated carbocycles. The lowest BCUT2D eigenvalue weighted by molar-refractivity contribution is 0.281. The molecule has 2 aromatic heterocycles. The molecule has 5 rings (SSSR count). The van der Waals surface area contributed by atoms with Crippen molar-refractivity contribution in [1.29, 1.82) is 5.26 Å². The smallest absolute Gasteiger partial charge is 0.180 e. The Kier molecular flexibility index (Phi) is 6.04. The number of fused-ring (bicyclic) bond motifs is 1. The fourth-order valence-corrected chi connectivity index (χ4v) is 4.97. The van der Waals surface area contributed by atoms with Crippen molar-refractivity contribution in [2.45, 2.75) is 30.3 Å². The van der Waals surface area contributed by atoms with Gasteiger partial charge in [0.1, 0.15) is 0 Å². The minimum atomic E-state index is -0.0182. The molecule has 0 spiro atoms. The third-order valence-corrected chi connectivity index (χ3v) is 7.57. The van der Waals surface area contributed by atoms with Crippen LogP contribution in [0.25, 0.3) is 28.2 Å². The van der Waals surface area contributed by atoms with Crippen molar-refractivity contribution < 1.29 is 5.11 Å². The maximum Gasteiger partial charge on any atom is 0.180 e. The standard InChI is InChI=1S/C26H24IN5O/c1-17-2-5-20(14-21(17)16-33)24-23(19-6-3-18(15-28)4-7-19)30-26(25-29-10-13-32(24)25)31-11-8-22(27)9-12-31/h2-7,10,13-14,22,33H,8-9,11-12,16H2,1H3. The second-order valence-corrected chi connectivity index (χ2v) is 10.2. The first-order valence-corrected chi connectivity index (χ1v) is 12.3. The van der Waals surface area contributed by atoms with Crippen LogP contribution >= 0.6 is 22.6 Å². The zero-order valence-corrected chi connectivity index (χ0v) is 20.5. The van der Waals surface area contributed by atoms with Gasteiger partial charge in [-0.2, -0.15) is 5.26 Å². The highest BCUT2D eigenvalue weighted by Crippen LogP contribution is 2.36. The number of halogens is 1. The predicted octanol–water partition coefficient (Wildman–Crippen LogP) is 5.14. The zero-order chi connectivity index (χ0) is 22.9. The van der Waals surface area contributed by atoms with Gasteiger partial charge in [0, 0.05) is 40.5 Å². The Morgan fingerprint density at radius 3 is 2.55 bits per heavy atom. The molecule has 0 aliphatic carbocycles. The molecular weight excluding hydrogens is 525 g/mol. The predicted molar refractivity (Wildman–Crippen MR) is 138 cm³/mol. The summed E-state index contributed by atoms with van der Waals surface area (Å²) in [4.78, 5) is 12.2. The third-order valence-electron chi connectivity index (χ3n) is 6.33. The highest BCUT2D eigenvalue weighted by Gasteiger charge is 2.24. The fraction of sp³-hybridized carbons (Fsp3) is 0.269. The van der Waals surface area contributed by atoms with Gasteiger partial charge in [0.2, 0.25) is 0 Å². The Hall–Kier alpha value is -2.96. The molecule has 0 unspecified atom stereocenters. The monoisotopic (exact) mass is 549 g/mol. The SMILES string of the molecule is Cc1ccc(-c2c(-c3ccc(C#N)cc3)nc(N3CCC(I)CC3)c3nccn23)cc1CO. The largest absolute Gasteiger partial charge is 0.392 e. The summed E-state index contributed by atoms with van der Waals surface area (Å²) < 4.78 is 2.80. The Balaban J connectivity index is 1.77. The molecule has 33 heavy (non-hydrogen) atoms. The van der Waals surface area contributed by atoms with Crippen LogP contribution < -0.4 is 4.90 Å². The van der Waals surface area contributed by atoms with Gasteiger partial charge in [-0.3, -0.25) is 4.40 Å². The summed E-state index contributed by atoms with van der Waals surface area (Å²) in [7, 11) is 0. The molecule has 1 N–H and O–H groups in total. The van der Waals surface area contributed by atoms with Gasteiger partial charge >= 0.3 is 0 Å². The van der Waals surface area contributed by atoms with Gasteiger partial charge in [-0.15, -0.1) is 0 Å². The lowest BCUT2D eigenvalue weighted by atomic mass is 9.99. The number of aromatic nitrogens is 3. The number of hydrogen-bond acceptors (Lipinski definition) is 5. The maximum atomic E-state index is 9.87. The van der Waals surface area contributed by atoms with Crippen LogP contribution in [0.2, 0.25) is 0 Å². The van der Waals surface area contributed by atoms with Gasteiger partial charge in [-0.25, -0.2) is 9.97 Å². The summed E-state index contributed by atoms with van der Waals surface area (Å²) in [5.74, 6) is 0.890. The lowest BCUT2D eigenvalue weighted by Crippen LogP contribution is -2.35. The van der Waals surface area contributed by atoms with E-state index in [1.807, 2.05) is 55.7 Å². The van der Waals surface area contributed by atoms with Crippen molar-refractivity contribution in [2.24, 2.45) is 0 Å². The summed E-state index contributed by atoms with van der Waals surface area (Å²) in [6.07, 6.45) is 6.05. The van der Waals surface area contributed by atoms with Gasteiger partial charge in [-0.05, 0) is 49.1 Å². The number of anilines is 1. The average Bonchev–Trinajstić information content (AvgIpc) is 3.34. The van der Waals surface area contributed by atoms with Crippen LogP contribution in [0.4, 0.5) is 5.82 Å². The van der Waals surface area contributed by atoms with Crippen LogP contribution in [-0.4, -0.2) is 36.5 Å². The summed E-state index contributed by atoms with van der Waals surface area (Å²) >= 11 is 2.53. The van der Waals surface area contributed by atoms with Crippen molar-refractivity contribution in [3.8, 4) is 28.6 Å². The average molecular weight is 549 g/mol. The third kappa shape index (κ3) is 4.09. The molecule has 1 fully saturated rings. The van der Waals surface area contributed by atoms with Crippen molar-refractivity contribution in [3.63, 3.8) is 0 Å². The Morgan fingerprint density at radius 1 is 1.12 bits per heavy atom. The number of benzene rings is 2. The highest BCUT2D eigenvalue weighted by atomic mass is 127. The van der Waals surface area contributed by atoms with Crippen LogP contribution in [-0.2, 0) is 6.61 Å².